The van der Waals surface area contributed by atoms with Crippen LogP contribution in [0.3, 0.4) is 0 Å². The predicted molar refractivity (Wildman–Crippen MR) is 103 cm³/mol. The van der Waals surface area contributed by atoms with Gasteiger partial charge in [0.25, 0.3) is 5.69 Å². The van der Waals surface area contributed by atoms with Crippen molar-refractivity contribution in [1.29, 1.82) is 0 Å². The molecule has 2 rings (SSSR count). The lowest BCUT2D eigenvalue weighted by molar-refractivity contribution is -0.384. The third-order valence-corrected chi connectivity index (χ3v) is 3.47. The number of benzene rings is 2. The molecule has 4 N–H and O–H groups in total. The van der Waals surface area contributed by atoms with Crippen molar-refractivity contribution in [3.8, 4) is 0 Å². The van der Waals surface area contributed by atoms with E-state index in [0.717, 1.165) is 5.69 Å². The highest BCUT2D eigenvalue weighted by molar-refractivity contribution is 7.81. The largest absolute Gasteiger partial charge is 0.331 e. The maximum absolute atomic E-state index is 10.8. The van der Waals surface area contributed by atoms with Crippen LogP contribution in [-0.4, -0.2) is 15.1 Å². The molecule has 0 fully saturated rings. The smallest absolute Gasteiger partial charge is 0.271 e. The Labute approximate surface area is 153 Å². The summed E-state index contributed by atoms with van der Waals surface area (Å²) in [5.74, 6) is 0. The molecule has 0 aliphatic carbocycles. The maximum Gasteiger partial charge on any atom is 0.271 e. The molecule has 0 aliphatic rings. The second-order valence-corrected chi connectivity index (χ2v) is 5.67. The quantitative estimate of drug-likeness (QED) is 0.365. The Kier molecular flexibility index (Phi) is 6.24. The van der Waals surface area contributed by atoms with Crippen molar-refractivity contribution < 1.29 is 4.92 Å². The molecule has 0 unspecified atom stereocenters. The minimum atomic E-state index is -0.519. The summed E-state index contributed by atoms with van der Waals surface area (Å²) in [6.07, 6.45) is 0. The van der Waals surface area contributed by atoms with Gasteiger partial charge in [-0.2, -0.15) is 0 Å². The van der Waals surface area contributed by atoms with Gasteiger partial charge in [0.05, 0.1) is 15.6 Å². The highest BCUT2D eigenvalue weighted by atomic mass is 35.5. The number of para-hydroxylation sites is 1. The topological polar surface area (TPSA) is 91.3 Å². The van der Waals surface area contributed by atoms with Crippen LogP contribution in [-0.2, 0) is 0 Å². The first-order chi connectivity index (χ1) is 11.5. The van der Waals surface area contributed by atoms with Crippen molar-refractivity contribution in [2.75, 3.05) is 10.6 Å². The van der Waals surface area contributed by atoms with Gasteiger partial charge in [-0.05, 0) is 42.6 Å². The molecule has 0 bridgehead atoms. The number of nitro groups is 1. The molecule has 0 saturated heterocycles. The first kappa shape index (κ1) is 17.9. The number of hydrogen-bond acceptors (Lipinski definition) is 4. The standard InChI is InChI=1S/C14H12ClN5O2S2/c15-11-7-6-10(20(21)22)8-12(11)17-14(24)19-18-13(23)16-9-4-2-1-3-5-9/h1-8H,(H2,16,18,23)(H2,17,19,24). The Morgan fingerprint density at radius 2 is 1.62 bits per heavy atom. The van der Waals surface area contributed by atoms with Gasteiger partial charge in [0, 0.05) is 17.8 Å². The molecule has 0 heterocycles. The average Bonchev–Trinajstić information content (AvgIpc) is 2.56. The second kappa shape index (κ2) is 8.39. The van der Waals surface area contributed by atoms with Crippen molar-refractivity contribution in [3.63, 3.8) is 0 Å². The highest BCUT2D eigenvalue weighted by Gasteiger charge is 2.10. The fourth-order valence-corrected chi connectivity index (χ4v) is 2.17. The van der Waals surface area contributed by atoms with Gasteiger partial charge in [-0.3, -0.25) is 21.0 Å². The lowest BCUT2D eigenvalue weighted by Crippen LogP contribution is -2.45. The summed E-state index contributed by atoms with van der Waals surface area (Å²) in [5.41, 5.74) is 6.39. The summed E-state index contributed by atoms with van der Waals surface area (Å²) < 4.78 is 0. The predicted octanol–water partition coefficient (Wildman–Crippen LogP) is 3.44. The fraction of sp³-hybridized carbons (Fsp3) is 0. The average molecular weight is 382 g/mol. The number of nitrogens with one attached hydrogen (secondary N) is 4. The van der Waals surface area contributed by atoms with Gasteiger partial charge in [-0.1, -0.05) is 29.8 Å². The molecule has 7 nitrogen and oxygen atoms in total. The fourth-order valence-electron chi connectivity index (χ4n) is 1.67. The highest BCUT2D eigenvalue weighted by Crippen LogP contribution is 2.26. The van der Waals surface area contributed by atoms with E-state index in [4.69, 9.17) is 36.0 Å². The molecule has 0 spiro atoms. The first-order valence-corrected chi connectivity index (χ1v) is 7.78. The van der Waals surface area contributed by atoms with Crippen LogP contribution in [0.25, 0.3) is 0 Å². The molecule has 0 aliphatic heterocycles. The molecule has 2 aromatic carbocycles. The van der Waals surface area contributed by atoms with Crippen LogP contribution >= 0.6 is 36.0 Å². The number of non-ortho nitro benzene ring substituents is 1. The van der Waals surface area contributed by atoms with E-state index in [1.165, 1.54) is 18.2 Å². The van der Waals surface area contributed by atoms with Crippen LogP contribution in [0.15, 0.2) is 48.5 Å². The van der Waals surface area contributed by atoms with E-state index in [1.807, 2.05) is 30.3 Å². The number of hydrazine groups is 1. The van der Waals surface area contributed by atoms with Gasteiger partial charge in [0.2, 0.25) is 0 Å². The minimum absolute atomic E-state index is 0.0982. The molecule has 0 atom stereocenters. The zero-order valence-electron chi connectivity index (χ0n) is 12.1. The van der Waals surface area contributed by atoms with Crippen molar-refractivity contribution in [2.45, 2.75) is 0 Å². The van der Waals surface area contributed by atoms with Crippen molar-refractivity contribution >= 4 is 63.3 Å². The Bertz CT molecular complexity index is 773. The summed E-state index contributed by atoms with van der Waals surface area (Å²) >= 11 is 16.2. The Hall–Kier alpha value is -2.49. The molecule has 10 heteroatoms. The molecule has 24 heavy (non-hydrogen) atoms. The van der Waals surface area contributed by atoms with Gasteiger partial charge in [-0.15, -0.1) is 0 Å². The van der Waals surface area contributed by atoms with Crippen molar-refractivity contribution in [2.24, 2.45) is 0 Å². The number of nitro benzene ring substituents is 1. The zero-order valence-corrected chi connectivity index (χ0v) is 14.5. The van der Waals surface area contributed by atoms with Crippen LogP contribution < -0.4 is 21.5 Å². The Morgan fingerprint density at radius 3 is 2.25 bits per heavy atom. The second-order valence-electron chi connectivity index (χ2n) is 4.45. The molecule has 124 valence electrons. The number of hydrogen-bond donors (Lipinski definition) is 4. The zero-order chi connectivity index (χ0) is 17.5. The van der Waals surface area contributed by atoms with E-state index in [2.05, 4.69) is 21.5 Å². The first-order valence-electron chi connectivity index (χ1n) is 6.58. The van der Waals surface area contributed by atoms with Crippen molar-refractivity contribution in [3.05, 3.63) is 63.7 Å². The third-order valence-electron chi connectivity index (χ3n) is 2.73. The van der Waals surface area contributed by atoms with E-state index in [0.29, 0.717) is 15.8 Å². The summed E-state index contributed by atoms with van der Waals surface area (Å²) in [7, 11) is 0. The maximum atomic E-state index is 10.8. The number of nitrogens with zero attached hydrogens (tertiary/aromatic N) is 1. The van der Waals surface area contributed by atoms with Gasteiger partial charge in [0.1, 0.15) is 0 Å². The molecule has 0 aromatic heterocycles. The minimum Gasteiger partial charge on any atom is -0.331 e. The van der Waals surface area contributed by atoms with Crippen LogP contribution in [0.5, 0.6) is 0 Å². The molecule has 0 radical (unpaired) electrons. The lowest BCUT2D eigenvalue weighted by atomic mass is 10.3. The van der Waals surface area contributed by atoms with Crippen LogP contribution in [0.4, 0.5) is 17.1 Å². The van der Waals surface area contributed by atoms with E-state index in [9.17, 15) is 10.1 Å². The van der Waals surface area contributed by atoms with E-state index >= 15 is 0 Å². The van der Waals surface area contributed by atoms with Crippen LogP contribution in [0, 0.1) is 10.1 Å². The van der Waals surface area contributed by atoms with Crippen molar-refractivity contribution in [1.82, 2.24) is 10.9 Å². The summed E-state index contributed by atoms with van der Waals surface area (Å²) in [4.78, 5) is 10.3. The molecular weight excluding hydrogens is 370 g/mol. The molecule has 2 aromatic rings. The van der Waals surface area contributed by atoms with E-state index in [-0.39, 0.29) is 10.8 Å². The number of anilines is 2. The SMILES string of the molecule is O=[N+]([O-])c1ccc(Cl)c(NC(=S)NNC(=S)Nc2ccccc2)c1. The van der Waals surface area contributed by atoms with Gasteiger partial charge >= 0.3 is 0 Å². The van der Waals surface area contributed by atoms with Gasteiger partial charge in [-0.25, -0.2) is 0 Å². The van der Waals surface area contributed by atoms with Gasteiger partial charge < -0.3 is 10.6 Å². The molecular formula is C14H12ClN5O2S2. The number of rotatable bonds is 3. The normalized spacial score (nSPS) is 9.71. The lowest BCUT2D eigenvalue weighted by Gasteiger charge is -2.14. The number of halogens is 1. The van der Waals surface area contributed by atoms with E-state index < -0.39 is 4.92 Å². The monoisotopic (exact) mass is 381 g/mol. The third kappa shape index (κ3) is 5.30. The van der Waals surface area contributed by atoms with E-state index in [1.54, 1.807) is 0 Å². The summed E-state index contributed by atoms with van der Waals surface area (Å²) in [6, 6.07) is 13.4. The molecule has 0 saturated carbocycles. The summed E-state index contributed by atoms with van der Waals surface area (Å²) in [6.45, 7) is 0. The van der Waals surface area contributed by atoms with Crippen LogP contribution in [0.1, 0.15) is 0 Å². The summed E-state index contributed by atoms with van der Waals surface area (Å²) in [5, 5.41) is 17.2. The van der Waals surface area contributed by atoms with Crippen LogP contribution in [0.2, 0.25) is 5.02 Å². The Morgan fingerprint density at radius 1 is 1.00 bits per heavy atom. The molecule has 0 amide bonds. The Balaban J connectivity index is 1.88. The van der Waals surface area contributed by atoms with Gasteiger partial charge in [0.15, 0.2) is 10.2 Å². The number of thiocarbonyl (C=S) groups is 2.